The van der Waals surface area contributed by atoms with Gasteiger partial charge >= 0.3 is 0 Å². The molecule has 2 aromatic carbocycles. The predicted octanol–water partition coefficient (Wildman–Crippen LogP) is 4.32. The summed E-state index contributed by atoms with van der Waals surface area (Å²) in [6, 6.07) is 17.2. The summed E-state index contributed by atoms with van der Waals surface area (Å²) in [5, 5.41) is 11.8. The van der Waals surface area contributed by atoms with Crippen LogP contribution >= 0.6 is 0 Å². The lowest BCUT2D eigenvalue weighted by Gasteiger charge is -2.23. The molecule has 86 valence electrons. The largest absolute Gasteiger partial charge is 0.198 e. The molecule has 0 bridgehead atoms. The van der Waals surface area contributed by atoms with Gasteiger partial charge < -0.3 is 0 Å². The second-order valence-electron chi connectivity index (χ2n) is 5.53. The highest BCUT2D eigenvalue weighted by Gasteiger charge is 2.28. The van der Waals surface area contributed by atoms with Crippen LogP contribution in [0.4, 0.5) is 0 Å². The number of benzene rings is 2. The van der Waals surface area contributed by atoms with E-state index in [9.17, 15) is 5.26 Å². The normalized spacial score (nSPS) is 13.3. The summed E-state index contributed by atoms with van der Waals surface area (Å²) >= 11 is 0. The fraction of sp³-hybridized carbons (Fsp3) is 0.267. The maximum Gasteiger partial charge on any atom is 0.0696 e. The van der Waals surface area contributed by atoms with E-state index in [0.29, 0.717) is 0 Å². The number of nitriles is 1. The molecule has 0 fully saturated rings. The summed E-state index contributed by atoms with van der Waals surface area (Å²) in [5.41, 5.74) is 1.25. The van der Waals surface area contributed by atoms with E-state index in [1.807, 2.05) is 12.1 Å². The Bertz CT molecular complexity index is 575. The van der Waals surface area contributed by atoms with Gasteiger partial charge in [0.2, 0.25) is 0 Å². The first-order valence-corrected chi connectivity index (χ1v) is 9.48. The molecule has 1 unspecified atom stereocenters. The summed E-state index contributed by atoms with van der Waals surface area (Å²) in [5.74, 6) is 0. The van der Waals surface area contributed by atoms with Crippen LogP contribution in [-0.4, -0.2) is 8.07 Å². The minimum atomic E-state index is -1.48. The molecule has 0 aliphatic rings. The van der Waals surface area contributed by atoms with Crippen molar-refractivity contribution in [2.75, 3.05) is 0 Å². The minimum absolute atomic E-state index is 0.0760. The quantitative estimate of drug-likeness (QED) is 0.716. The maximum absolute atomic E-state index is 9.37. The van der Waals surface area contributed by atoms with Crippen molar-refractivity contribution in [1.82, 2.24) is 0 Å². The van der Waals surface area contributed by atoms with Crippen LogP contribution in [0.25, 0.3) is 10.8 Å². The van der Waals surface area contributed by atoms with Crippen LogP contribution in [0.5, 0.6) is 0 Å². The van der Waals surface area contributed by atoms with Gasteiger partial charge in [-0.25, -0.2) is 0 Å². The number of rotatable bonds is 2. The summed E-state index contributed by atoms with van der Waals surface area (Å²) < 4.78 is 0. The first-order chi connectivity index (χ1) is 8.02. The van der Waals surface area contributed by atoms with Gasteiger partial charge in [0.25, 0.3) is 0 Å². The summed E-state index contributed by atoms with van der Waals surface area (Å²) in [4.78, 5) is 0. The molecule has 0 N–H and O–H groups in total. The van der Waals surface area contributed by atoms with Crippen LogP contribution < -0.4 is 0 Å². The van der Waals surface area contributed by atoms with Crippen LogP contribution in [0.1, 0.15) is 11.1 Å². The zero-order valence-electron chi connectivity index (χ0n) is 10.6. The number of nitrogens with zero attached hydrogens (tertiary/aromatic N) is 1. The van der Waals surface area contributed by atoms with Crippen molar-refractivity contribution < 1.29 is 0 Å². The molecule has 2 heteroatoms. The van der Waals surface area contributed by atoms with E-state index in [2.05, 4.69) is 56.0 Å². The van der Waals surface area contributed by atoms with E-state index in [0.717, 1.165) is 0 Å². The number of hydrogen-bond acceptors (Lipinski definition) is 1. The Hall–Kier alpha value is -1.59. The second kappa shape index (κ2) is 4.35. The molecule has 0 aliphatic carbocycles. The van der Waals surface area contributed by atoms with Gasteiger partial charge in [0.1, 0.15) is 0 Å². The number of fused-ring (bicyclic) bond motifs is 1. The molecular formula is C15H17NSi. The lowest BCUT2D eigenvalue weighted by Crippen LogP contribution is -2.29. The Kier molecular flexibility index (Phi) is 3.04. The third-order valence-electron chi connectivity index (χ3n) is 3.10. The molecule has 17 heavy (non-hydrogen) atoms. The highest BCUT2D eigenvalue weighted by Crippen LogP contribution is 2.28. The predicted molar refractivity (Wildman–Crippen MR) is 75.6 cm³/mol. The van der Waals surface area contributed by atoms with Crippen molar-refractivity contribution in [3.8, 4) is 6.07 Å². The van der Waals surface area contributed by atoms with Crippen molar-refractivity contribution in [2.45, 2.75) is 25.2 Å². The Morgan fingerprint density at radius 2 is 1.65 bits per heavy atom. The van der Waals surface area contributed by atoms with Crippen molar-refractivity contribution in [3.05, 3.63) is 48.0 Å². The van der Waals surface area contributed by atoms with Gasteiger partial charge in [0, 0.05) is 0 Å². The van der Waals surface area contributed by atoms with E-state index >= 15 is 0 Å². The van der Waals surface area contributed by atoms with Crippen molar-refractivity contribution >= 4 is 18.8 Å². The van der Waals surface area contributed by atoms with Crippen LogP contribution in [0.2, 0.25) is 19.6 Å². The standard InChI is InChI=1S/C15H17NSi/c1-17(2,3)15(11-16)14-9-8-12-6-4-5-7-13(12)10-14/h4-10,15H,1-3H3. The smallest absolute Gasteiger partial charge is 0.0696 e. The summed E-state index contributed by atoms with van der Waals surface area (Å²) in [6.07, 6.45) is 0. The minimum Gasteiger partial charge on any atom is -0.198 e. The molecule has 1 nitrogen and oxygen atoms in total. The molecule has 0 saturated carbocycles. The Balaban J connectivity index is 2.53. The van der Waals surface area contributed by atoms with Gasteiger partial charge in [-0.1, -0.05) is 62.1 Å². The van der Waals surface area contributed by atoms with E-state index in [1.165, 1.54) is 16.3 Å². The third kappa shape index (κ3) is 2.40. The molecule has 0 aliphatic heterocycles. The summed E-state index contributed by atoms with van der Waals surface area (Å²) in [6.45, 7) is 6.74. The third-order valence-corrected chi connectivity index (χ3v) is 5.30. The van der Waals surface area contributed by atoms with Gasteiger partial charge in [-0.2, -0.15) is 5.26 Å². The maximum atomic E-state index is 9.37. The van der Waals surface area contributed by atoms with Gasteiger partial charge in [-0.3, -0.25) is 0 Å². The average molecular weight is 239 g/mol. The van der Waals surface area contributed by atoms with Gasteiger partial charge in [0.05, 0.1) is 19.7 Å². The molecule has 0 heterocycles. The van der Waals surface area contributed by atoms with E-state index in [4.69, 9.17) is 0 Å². The Labute approximate surface area is 104 Å². The fourth-order valence-corrected chi connectivity index (χ4v) is 3.72. The molecule has 2 aromatic rings. The monoisotopic (exact) mass is 239 g/mol. The SMILES string of the molecule is C[Si](C)(C)C(C#N)c1ccc2ccccc2c1. The molecule has 0 saturated heterocycles. The van der Waals surface area contributed by atoms with E-state index in [1.54, 1.807) is 0 Å². The number of hydrogen-bond donors (Lipinski definition) is 0. The Morgan fingerprint density at radius 1 is 1.00 bits per heavy atom. The van der Waals surface area contributed by atoms with Crippen LogP contribution in [0, 0.1) is 11.3 Å². The van der Waals surface area contributed by atoms with Crippen molar-refractivity contribution in [3.63, 3.8) is 0 Å². The van der Waals surface area contributed by atoms with Crippen molar-refractivity contribution in [2.24, 2.45) is 0 Å². The zero-order valence-corrected chi connectivity index (χ0v) is 11.6. The van der Waals surface area contributed by atoms with Crippen LogP contribution in [-0.2, 0) is 0 Å². The summed E-state index contributed by atoms with van der Waals surface area (Å²) in [7, 11) is -1.48. The van der Waals surface area contributed by atoms with Gasteiger partial charge in [-0.05, 0) is 16.3 Å². The average Bonchev–Trinajstić information content (AvgIpc) is 2.28. The topological polar surface area (TPSA) is 23.8 Å². The molecule has 2 rings (SSSR count). The molecule has 0 aromatic heterocycles. The first-order valence-electron chi connectivity index (χ1n) is 5.91. The van der Waals surface area contributed by atoms with Gasteiger partial charge in [-0.15, -0.1) is 0 Å². The lowest BCUT2D eigenvalue weighted by molar-refractivity contribution is 1.14. The van der Waals surface area contributed by atoms with Gasteiger partial charge in [0.15, 0.2) is 0 Å². The van der Waals surface area contributed by atoms with E-state index < -0.39 is 8.07 Å². The highest BCUT2D eigenvalue weighted by molar-refractivity contribution is 6.78. The fourth-order valence-electron chi connectivity index (χ4n) is 2.16. The molecule has 0 radical (unpaired) electrons. The second-order valence-corrected chi connectivity index (χ2v) is 10.8. The molecular weight excluding hydrogens is 222 g/mol. The van der Waals surface area contributed by atoms with Crippen LogP contribution in [0.15, 0.2) is 42.5 Å². The van der Waals surface area contributed by atoms with E-state index in [-0.39, 0.29) is 5.54 Å². The molecule has 0 spiro atoms. The van der Waals surface area contributed by atoms with Crippen LogP contribution in [0.3, 0.4) is 0 Å². The highest BCUT2D eigenvalue weighted by atomic mass is 28.3. The zero-order chi connectivity index (χ0) is 12.5. The van der Waals surface area contributed by atoms with Crippen molar-refractivity contribution in [1.29, 1.82) is 5.26 Å². The lowest BCUT2D eigenvalue weighted by atomic mass is 10.1. The Morgan fingerprint density at radius 3 is 2.24 bits per heavy atom. The molecule has 0 amide bonds. The molecule has 1 atom stereocenters. The first kappa shape index (κ1) is 11.9.